The van der Waals surface area contributed by atoms with Crippen molar-refractivity contribution < 1.29 is 14.3 Å². The number of ether oxygens (including phenoxy) is 2. The molecule has 0 bridgehead atoms. The van der Waals surface area contributed by atoms with E-state index in [0.29, 0.717) is 31.6 Å². The molecule has 2 aliphatic rings. The maximum Gasteiger partial charge on any atom is 0.410 e. The summed E-state index contributed by atoms with van der Waals surface area (Å²) in [5.74, 6) is 1.64. The maximum atomic E-state index is 12.3. The van der Waals surface area contributed by atoms with Gasteiger partial charge in [-0.05, 0) is 45.6 Å². The van der Waals surface area contributed by atoms with Crippen LogP contribution in [0.15, 0.2) is 29.3 Å². The van der Waals surface area contributed by atoms with Gasteiger partial charge in [0.2, 0.25) is 0 Å². The summed E-state index contributed by atoms with van der Waals surface area (Å²) in [4.78, 5) is 18.6. The molecule has 1 aromatic carbocycles. The molecule has 8 heteroatoms. The molecule has 162 valence electrons. The average Bonchev–Trinajstić information content (AvgIpc) is 2.66. The lowest BCUT2D eigenvalue weighted by atomic mass is 9.98. The molecule has 2 aliphatic heterocycles. The van der Waals surface area contributed by atoms with Gasteiger partial charge in [0.1, 0.15) is 11.4 Å². The number of guanidine groups is 1. The Morgan fingerprint density at radius 1 is 1.34 bits per heavy atom. The van der Waals surface area contributed by atoms with Gasteiger partial charge >= 0.3 is 6.09 Å². The molecule has 7 nitrogen and oxygen atoms in total. The molecule has 2 unspecified atom stereocenters. The van der Waals surface area contributed by atoms with Crippen LogP contribution in [0, 0.1) is 5.92 Å². The van der Waals surface area contributed by atoms with Crippen molar-refractivity contribution in [2.45, 2.75) is 51.7 Å². The van der Waals surface area contributed by atoms with Crippen LogP contribution in [0.1, 0.15) is 51.6 Å². The van der Waals surface area contributed by atoms with E-state index in [9.17, 15) is 4.79 Å². The van der Waals surface area contributed by atoms with Crippen molar-refractivity contribution in [1.29, 1.82) is 0 Å². The molecule has 3 N–H and O–H groups in total. The quantitative estimate of drug-likeness (QED) is 0.364. The molecule has 0 aliphatic carbocycles. The molecule has 2 heterocycles. The normalized spacial score (nSPS) is 22.0. The molecular weight excluding hydrogens is 483 g/mol. The molecule has 1 saturated heterocycles. The number of hydrogen-bond donors (Lipinski definition) is 2. The van der Waals surface area contributed by atoms with Gasteiger partial charge in [-0.3, -0.25) is 4.99 Å². The lowest BCUT2D eigenvalue weighted by Gasteiger charge is -2.33. The summed E-state index contributed by atoms with van der Waals surface area (Å²) < 4.78 is 11.2. The van der Waals surface area contributed by atoms with Crippen LogP contribution in [0.3, 0.4) is 0 Å². The fourth-order valence-corrected chi connectivity index (χ4v) is 3.65. The highest BCUT2D eigenvalue weighted by molar-refractivity contribution is 14.0. The van der Waals surface area contributed by atoms with E-state index in [4.69, 9.17) is 15.2 Å². The van der Waals surface area contributed by atoms with Gasteiger partial charge in [0, 0.05) is 31.6 Å². The Hall–Kier alpha value is -1.71. The van der Waals surface area contributed by atoms with Crippen molar-refractivity contribution in [3.8, 4) is 5.75 Å². The van der Waals surface area contributed by atoms with E-state index >= 15 is 0 Å². The van der Waals surface area contributed by atoms with Crippen LogP contribution < -0.4 is 15.8 Å². The fourth-order valence-electron chi connectivity index (χ4n) is 3.65. The first-order valence-corrected chi connectivity index (χ1v) is 10.1. The number of hydrogen-bond acceptors (Lipinski definition) is 4. The molecular formula is C21H33IN4O3. The van der Waals surface area contributed by atoms with Crippen LogP contribution in [-0.2, 0) is 4.74 Å². The Balaban J connectivity index is 0.00000300. The van der Waals surface area contributed by atoms with E-state index in [1.165, 1.54) is 0 Å². The molecule has 2 atom stereocenters. The molecule has 0 aromatic heterocycles. The number of fused-ring (bicyclic) bond motifs is 1. The molecule has 1 aromatic rings. The van der Waals surface area contributed by atoms with Crippen LogP contribution in [-0.4, -0.2) is 48.8 Å². The number of nitrogens with one attached hydrogen (secondary N) is 1. The Morgan fingerprint density at radius 3 is 2.86 bits per heavy atom. The number of rotatable bonds is 3. The summed E-state index contributed by atoms with van der Waals surface area (Å²) >= 11 is 0. The summed E-state index contributed by atoms with van der Waals surface area (Å²) in [6.45, 7) is 8.32. The minimum Gasteiger partial charge on any atom is -0.493 e. The van der Waals surface area contributed by atoms with Gasteiger partial charge in [-0.15, -0.1) is 24.0 Å². The number of carbonyl (C=O) groups excluding carboxylic acids is 1. The van der Waals surface area contributed by atoms with Crippen molar-refractivity contribution in [3.05, 3.63) is 29.8 Å². The molecule has 29 heavy (non-hydrogen) atoms. The minimum atomic E-state index is -0.476. The number of carbonyl (C=O) groups is 1. The van der Waals surface area contributed by atoms with Crippen molar-refractivity contribution in [2.24, 2.45) is 16.6 Å². The molecule has 0 radical (unpaired) electrons. The third-order valence-corrected chi connectivity index (χ3v) is 4.97. The van der Waals surface area contributed by atoms with Crippen molar-refractivity contribution in [3.63, 3.8) is 0 Å². The number of benzene rings is 1. The highest BCUT2D eigenvalue weighted by Crippen LogP contribution is 2.31. The van der Waals surface area contributed by atoms with Crippen LogP contribution in [0.2, 0.25) is 0 Å². The van der Waals surface area contributed by atoms with E-state index in [-0.39, 0.29) is 36.1 Å². The third-order valence-electron chi connectivity index (χ3n) is 4.97. The van der Waals surface area contributed by atoms with Crippen LogP contribution in [0.25, 0.3) is 0 Å². The Bertz CT molecular complexity index is 720. The number of likely N-dealkylation sites (tertiary alicyclic amines) is 1. The maximum absolute atomic E-state index is 12.3. The molecule has 0 saturated carbocycles. The van der Waals surface area contributed by atoms with Crippen molar-refractivity contribution in [2.75, 3.05) is 26.2 Å². The van der Waals surface area contributed by atoms with Crippen LogP contribution in [0.4, 0.5) is 4.79 Å². The van der Waals surface area contributed by atoms with Gasteiger partial charge in [-0.25, -0.2) is 4.79 Å². The second kappa shape index (κ2) is 10.4. The van der Waals surface area contributed by atoms with Gasteiger partial charge in [0.25, 0.3) is 0 Å². The zero-order chi connectivity index (χ0) is 20.1. The van der Waals surface area contributed by atoms with Gasteiger partial charge in [0.15, 0.2) is 5.96 Å². The van der Waals surface area contributed by atoms with Gasteiger partial charge in [-0.2, -0.15) is 0 Å². The van der Waals surface area contributed by atoms with E-state index < -0.39 is 5.60 Å². The Labute approximate surface area is 190 Å². The number of aliphatic imine (C=N–C) groups is 1. The van der Waals surface area contributed by atoms with Crippen LogP contribution in [0.5, 0.6) is 5.75 Å². The molecule has 1 amide bonds. The number of nitrogens with zero attached hydrogens (tertiary/aromatic N) is 2. The van der Waals surface area contributed by atoms with Gasteiger partial charge in [0.05, 0.1) is 12.6 Å². The van der Waals surface area contributed by atoms with Crippen molar-refractivity contribution >= 4 is 36.0 Å². The van der Waals surface area contributed by atoms with E-state index in [1.807, 2.05) is 39.0 Å². The fraction of sp³-hybridized carbons (Fsp3) is 0.619. The zero-order valence-corrected chi connectivity index (χ0v) is 19.8. The van der Waals surface area contributed by atoms with Crippen LogP contribution >= 0.6 is 24.0 Å². The zero-order valence-electron chi connectivity index (χ0n) is 17.5. The Kier molecular flexibility index (Phi) is 8.42. The number of nitrogens with two attached hydrogens (primary N) is 1. The lowest BCUT2D eigenvalue weighted by molar-refractivity contribution is 0.0171. The first kappa shape index (κ1) is 23.6. The van der Waals surface area contributed by atoms with E-state index in [2.05, 4.69) is 16.4 Å². The first-order chi connectivity index (χ1) is 13.3. The Morgan fingerprint density at radius 2 is 2.10 bits per heavy atom. The van der Waals surface area contributed by atoms with Gasteiger partial charge < -0.3 is 25.4 Å². The van der Waals surface area contributed by atoms with E-state index in [1.54, 1.807) is 4.90 Å². The second-order valence-electron chi connectivity index (χ2n) is 8.53. The standard InChI is InChI=1S/C21H32N4O3.HI/c1-21(2,3)28-20(26)25-11-6-7-15(14-25)13-23-19(22)24-17-10-12-27-18-9-5-4-8-16(17)18;/h4-5,8-9,15,17H,6-7,10-14H2,1-3H3,(H3,22,23,24);1H. The molecule has 0 spiro atoms. The average molecular weight is 516 g/mol. The highest BCUT2D eigenvalue weighted by atomic mass is 127. The summed E-state index contributed by atoms with van der Waals surface area (Å²) in [6.07, 6.45) is 2.60. The van der Waals surface area contributed by atoms with Gasteiger partial charge in [-0.1, -0.05) is 18.2 Å². The minimum absolute atomic E-state index is 0. The molecule has 3 rings (SSSR count). The lowest BCUT2D eigenvalue weighted by Crippen LogP contribution is -2.44. The van der Waals surface area contributed by atoms with Crippen molar-refractivity contribution in [1.82, 2.24) is 10.2 Å². The largest absolute Gasteiger partial charge is 0.493 e. The highest BCUT2D eigenvalue weighted by Gasteiger charge is 2.27. The third kappa shape index (κ3) is 6.94. The van der Waals surface area contributed by atoms with E-state index in [0.717, 1.165) is 37.1 Å². The predicted octanol–water partition coefficient (Wildman–Crippen LogP) is 3.68. The topological polar surface area (TPSA) is 89.2 Å². The number of piperidine rings is 1. The summed E-state index contributed by atoms with van der Waals surface area (Å²) in [5, 5.41) is 3.32. The first-order valence-electron chi connectivity index (χ1n) is 10.1. The SMILES string of the molecule is CC(C)(C)OC(=O)N1CCCC(CN=C(N)NC2CCOc3ccccc32)C1.I. The smallest absolute Gasteiger partial charge is 0.410 e. The number of para-hydroxylation sites is 1. The number of halogens is 1. The monoisotopic (exact) mass is 516 g/mol. The second-order valence-corrected chi connectivity index (χ2v) is 8.53. The predicted molar refractivity (Wildman–Crippen MR) is 125 cm³/mol. The summed E-state index contributed by atoms with van der Waals surface area (Å²) in [5.41, 5.74) is 6.79. The summed E-state index contributed by atoms with van der Waals surface area (Å²) in [7, 11) is 0. The molecule has 1 fully saturated rings. The number of amides is 1. The summed E-state index contributed by atoms with van der Waals surface area (Å²) in [6, 6.07) is 8.11.